The molecule has 2 N–H and O–H groups in total. The molecule has 0 unspecified atom stereocenters. The van der Waals surface area contributed by atoms with Crippen LogP contribution in [0.25, 0.3) is 0 Å². The molecule has 1 amide bonds. The van der Waals surface area contributed by atoms with Gasteiger partial charge in [-0.3, -0.25) is 4.79 Å². The van der Waals surface area contributed by atoms with Gasteiger partial charge in [-0.2, -0.15) is 0 Å². The van der Waals surface area contributed by atoms with Crippen molar-refractivity contribution in [2.45, 2.75) is 32.7 Å². The molecule has 0 saturated carbocycles. The summed E-state index contributed by atoms with van der Waals surface area (Å²) in [5.41, 5.74) is 0.984. The number of rotatable bonds is 5. The summed E-state index contributed by atoms with van der Waals surface area (Å²) in [4.78, 5) is 11.7. The van der Waals surface area contributed by atoms with Gasteiger partial charge in [-0.05, 0) is 51.4 Å². The van der Waals surface area contributed by atoms with Crippen LogP contribution in [0.2, 0.25) is 0 Å². The third-order valence-electron chi connectivity index (χ3n) is 3.00. The lowest BCUT2D eigenvalue weighted by atomic mass is 10.1. The molecule has 0 atom stereocenters. The summed E-state index contributed by atoms with van der Waals surface area (Å²) in [5, 5.41) is 6.07. The van der Waals surface area contributed by atoms with Crippen molar-refractivity contribution < 1.29 is 14.3 Å². The zero-order chi connectivity index (χ0) is 15.3. The SMILES string of the molecule is CC(C)(C)NC(=O)CNCCc1ccc2c(c1)OCCO2. The number of hydrogen-bond donors (Lipinski definition) is 2. The molecule has 2 rings (SSSR count). The number of hydrogen-bond acceptors (Lipinski definition) is 4. The highest BCUT2D eigenvalue weighted by Crippen LogP contribution is 2.30. The van der Waals surface area contributed by atoms with Crippen LogP contribution in [0.4, 0.5) is 0 Å². The Morgan fingerprint density at radius 2 is 1.90 bits per heavy atom. The number of carbonyl (C=O) groups excluding carboxylic acids is 1. The maximum atomic E-state index is 11.7. The minimum Gasteiger partial charge on any atom is -0.486 e. The Balaban J connectivity index is 1.73. The van der Waals surface area contributed by atoms with Crippen LogP contribution in [0, 0.1) is 0 Å². The second kappa shape index (κ2) is 6.80. The van der Waals surface area contributed by atoms with Gasteiger partial charge in [0.15, 0.2) is 11.5 Å². The summed E-state index contributed by atoms with van der Waals surface area (Å²) in [5.74, 6) is 1.64. The van der Waals surface area contributed by atoms with Gasteiger partial charge in [0.2, 0.25) is 5.91 Å². The summed E-state index contributed by atoms with van der Waals surface area (Å²) < 4.78 is 11.0. The van der Waals surface area contributed by atoms with Gasteiger partial charge in [0.25, 0.3) is 0 Å². The van der Waals surface area contributed by atoms with E-state index in [1.165, 1.54) is 5.56 Å². The normalized spacial score (nSPS) is 13.9. The number of fused-ring (bicyclic) bond motifs is 1. The number of ether oxygens (including phenoxy) is 2. The fourth-order valence-electron chi connectivity index (χ4n) is 2.14. The van der Waals surface area contributed by atoms with Gasteiger partial charge >= 0.3 is 0 Å². The highest BCUT2D eigenvalue weighted by molar-refractivity contribution is 5.78. The second-order valence-electron chi connectivity index (χ2n) is 6.20. The summed E-state index contributed by atoms with van der Waals surface area (Å²) in [7, 11) is 0. The first-order valence-corrected chi connectivity index (χ1v) is 7.34. The molecule has 5 heteroatoms. The number of benzene rings is 1. The molecular formula is C16H24N2O3. The Morgan fingerprint density at radius 3 is 2.62 bits per heavy atom. The predicted octanol–water partition coefficient (Wildman–Crippen LogP) is 1.50. The average molecular weight is 292 g/mol. The number of amides is 1. The van der Waals surface area contributed by atoms with Crippen molar-refractivity contribution in [2.75, 3.05) is 26.3 Å². The quantitative estimate of drug-likeness (QED) is 0.808. The van der Waals surface area contributed by atoms with Crippen LogP contribution >= 0.6 is 0 Å². The van der Waals surface area contributed by atoms with Gasteiger partial charge in [0, 0.05) is 5.54 Å². The highest BCUT2D eigenvalue weighted by atomic mass is 16.6. The molecular weight excluding hydrogens is 268 g/mol. The lowest BCUT2D eigenvalue weighted by Crippen LogP contribution is -2.45. The molecule has 0 radical (unpaired) electrons. The lowest BCUT2D eigenvalue weighted by molar-refractivity contribution is -0.121. The first-order chi connectivity index (χ1) is 9.94. The molecule has 0 spiro atoms. The fraction of sp³-hybridized carbons (Fsp3) is 0.562. The minimum atomic E-state index is -0.186. The highest BCUT2D eigenvalue weighted by Gasteiger charge is 2.13. The molecule has 0 aromatic heterocycles. The molecule has 116 valence electrons. The van der Waals surface area contributed by atoms with Crippen molar-refractivity contribution in [1.82, 2.24) is 10.6 Å². The molecule has 21 heavy (non-hydrogen) atoms. The molecule has 1 aromatic carbocycles. The standard InChI is InChI=1S/C16H24N2O3/c1-16(2,3)18-15(19)11-17-7-6-12-4-5-13-14(10-12)21-9-8-20-13/h4-5,10,17H,6-9,11H2,1-3H3,(H,18,19). The van der Waals surface area contributed by atoms with Crippen LogP contribution in [0.5, 0.6) is 11.5 Å². The van der Waals surface area contributed by atoms with E-state index in [9.17, 15) is 4.79 Å². The molecule has 5 nitrogen and oxygen atoms in total. The predicted molar refractivity (Wildman–Crippen MR) is 81.9 cm³/mol. The van der Waals surface area contributed by atoms with Crippen LogP contribution in [0.1, 0.15) is 26.3 Å². The van der Waals surface area contributed by atoms with E-state index >= 15 is 0 Å². The van der Waals surface area contributed by atoms with Crippen LogP contribution in [0.3, 0.4) is 0 Å². The largest absolute Gasteiger partial charge is 0.486 e. The van der Waals surface area contributed by atoms with E-state index in [0.29, 0.717) is 19.8 Å². The molecule has 0 fully saturated rings. The Bertz CT molecular complexity index is 495. The van der Waals surface area contributed by atoms with Crippen LogP contribution in [0.15, 0.2) is 18.2 Å². The van der Waals surface area contributed by atoms with Crippen molar-refractivity contribution >= 4 is 5.91 Å². The van der Waals surface area contributed by atoms with Crippen LogP contribution < -0.4 is 20.1 Å². The second-order valence-corrected chi connectivity index (χ2v) is 6.20. The van der Waals surface area contributed by atoms with E-state index < -0.39 is 0 Å². The summed E-state index contributed by atoms with van der Waals surface area (Å²) in [6, 6.07) is 5.98. The van der Waals surface area contributed by atoms with Gasteiger partial charge in [-0.1, -0.05) is 6.07 Å². The molecule has 1 heterocycles. The van der Waals surface area contributed by atoms with Gasteiger partial charge < -0.3 is 20.1 Å². The Morgan fingerprint density at radius 1 is 1.19 bits per heavy atom. The van der Waals surface area contributed by atoms with E-state index in [-0.39, 0.29) is 11.4 Å². The van der Waals surface area contributed by atoms with Crippen molar-refractivity contribution in [3.63, 3.8) is 0 Å². The van der Waals surface area contributed by atoms with Crippen molar-refractivity contribution in [1.29, 1.82) is 0 Å². The third-order valence-corrected chi connectivity index (χ3v) is 3.00. The average Bonchev–Trinajstić information content (AvgIpc) is 2.41. The first kappa shape index (κ1) is 15.6. The molecule has 1 aliphatic rings. The minimum absolute atomic E-state index is 0.0182. The van der Waals surface area contributed by atoms with Gasteiger partial charge in [-0.15, -0.1) is 0 Å². The Hall–Kier alpha value is -1.75. The first-order valence-electron chi connectivity index (χ1n) is 7.34. The zero-order valence-corrected chi connectivity index (χ0v) is 13.0. The van der Waals surface area contributed by atoms with Crippen molar-refractivity contribution in [3.8, 4) is 11.5 Å². The van der Waals surface area contributed by atoms with E-state index in [1.54, 1.807) is 0 Å². The van der Waals surface area contributed by atoms with E-state index in [1.807, 2.05) is 39.0 Å². The maximum Gasteiger partial charge on any atom is 0.234 e. The van der Waals surface area contributed by atoms with E-state index in [4.69, 9.17) is 9.47 Å². The van der Waals surface area contributed by atoms with Gasteiger partial charge in [0.1, 0.15) is 13.2 Å². The van der Waals surface area contributed by atoms with Crippen LogP contribution in [-0.2, 0) is 11.2 Å². The van der Waals surface area contributed by atoms with E-state index in [0.717, 1.165) is 24.5 Å². The van der Waals surface area contributed by atoms with Gasteiger partial charge in [-0.25, -0.2) is 0 Å². The monoisotopic (exact) mass is 292 g/mol. The van der Waals surface area contributed by atoms with Crippen molar-refractivity contribution in [2.24, 2.45) is 0 Å². The fourth-order valence-corrected chi connectivity index (χ4v) is 2.14. The van der Waals surface area contributed by atoms with Crippen molar-refractivity contribution in [3.05, 3.63) is 23.8 Å². The summed E-state index contributed by atoms with van der Waals surface area (Å²) >= 11 is 0. The lowest BCUT2D eigenvalue weighted by Gasteiger charge is -2.20. The van der Waals surface area contributed by atoms with Gasteiger partial charge in [0.05, 0.1) is 6.54 Å². The number of nitrogens with one attached hydrogen (secondary N) is 2. The summed E-state index contributed by atoms with van der Waals surface area (Å²) in [6.07, 6.45) is 0.847. The number of carbonyl (C=O) groups is 1. The topological polar surface area (TPSA) is 59.6 Å². The Labute approximate surface area is 126 Å². The Kier molecular flexibility index (Phi) is 5.07. The molecule has 1 aromatic rings. The molecule has 0 saturated heterocycles. The third kappa shape index (κ3) is 5.27. The van der Waals surface area contributed by atoms with E-state index in [2.05, 4.69) is 10.6 Å². The molecule has 0 aliphatic carbocycles. The maximum absolute atomic E-state index is 11.7. The summed E-state index contributed by atoms with van der Waals surface area (Å²) in [6.45, 7) is 8.21. The molecule has 0 bridgehead atoms. The zero-order valence-electron chi connectivity index (χ0n) is 13.0. The van der Waals surface area contributed by atoms with Crippen LogP contribution in [-0.4, -0.2) is 37.7 Å². The smallest absolute Gasteiger partial charge is 0.234 e. The molecule has 1 aliphatic heterocycles.